The Kier molecular flexibility index (Phi) is 6.04. The molecule has 0 radical (unpaired) electrons. The van der Waals surface area contributed by atoms with E-state index in [1.165, 1.54) is 36.5 Å². The predicted molar refractivity (Wildman–Crippen MR) is 81.8 cm³/mol. The number of hydrogen-bond acceptors (Lipinski definition) is 4. The number of rotatable bonds is 6. The number of aromatic amines is 1. The van der Waals surface area contributed by atoms with Gasteiger partial charge in [-0.1, -0.05) is 12.1 Å². The van der Waals surface area contributed by atoms with Crippen LogP contribution in [0.15, 0.2) is 42.6 Å². The monoisotopic (exact) mass is 352 g/mol. The average molecular weight is 352 g/mol. The smallest absolute Gasteiger partial charge is 0.387 e. The van der Waals surface area contributed by atoms with Crippen molar-refractivity contribution in [2.24, 2.45) is 0 Å². The van der Waals surface area contributed by atoms with E-state index in [1.54, 1.807) is 6.07 Å². The average Bonchev–Trinajstić information content (AvgIpc) is 3.12. The van der Waals surface area contributed by atoms with Crippen LogP contribution >= 0.6 is 0 Å². The molecule has 3 amide bonds. The molecule has 0 aliphatic carbocycles. The van der Waals surface area contributed by atoms with E-state index in [9.17, 15) is 23.2 Å². The van der Waals surface area contributed by atoms with E-state index in [4.69, 9.17) is 0 Å². The maximum Gasteiger partial charge on any atom is 0.387 e. The molecule has 1 aromatic carbocycles. The molecule has 0 saturated heterocycles. The van der Waals surface area contributed by atoms with Crippen LogP contribution in [0.4, 0.5) is 8.78 Å². The fourth-order valence-corrected chi connectivity index (χ4v) is 1.82. The van der Waals surface area contributed by atoms with Crippen LogP contribution in [0.3, 0.4) is 0 Å². The van der Waals surface area contributed by atoms with E-state index in [2.05, 4.69) is 25.9 Å². The van der Waals surface area contributed by atoms with Crippen molar-refractivity contribution in [3.63, 3.8) is 0 Å². The van der Waals surface area contributed by atoms with E-state index in [0.29, 0.717) is 0 Å². The van der Waals surface area contributed by atoms with Gasteiger partial charge in [-0.25, -0.2) is 0 Å². The molecule has 0 fully saturated rings. The van der Waals surface area contributed by atoms with Gasteiger partial charge in [0.15, 0.2) is 0 Å². The zero-order chi connectivity index (χ0) is 18.2. The van der Waals surface area contributed by atoms with E-state index < -0.39 is 30.9 Å². The second-order valence-corrected chi connectivity index (χ2v) is 4.64. The lowest BCUT2D eigenvalue weighted by Gasteiger charge is -2.11. The Morgan fingerprint density at radius 3 is 2.48 bits per heavy atom. The minimum Gasteiger partial charge on any atom is -0.434 e. The Bertz CT molecular complexity index is 750. The van der Waals surface area contributed by atoms with Gasteiger partial charge in [0.25, 0.3) is 17.7 Å². The number of alkyl halides is 2. The molecule has 2 aromatic rings. The summed E-state index contributed by atoms with van der Waals surface area (Å²) in [5, 5.41) is 2.24. The molecular weight excluding hydrogens is 338 g/mol. The molecule has 2 rings (SSSR count). The van der Waals surface area contributed by atoms with Crippen molar-refractivity contribution in [1.82, 2.24) is 21.2 Å². The Balaban J connectivity index is 1.83. The highest BCUT2D eigenvalue weighted by Gasteiger charge is 2.16. The summed E-state index contributed by atoms with van der Waals surface area (Å²) in [6.07, 6.45) is 1.54. The van der Waals surface area contributed by atoms with Crippen molar-refractivity contribution < 1.29 is 27.9 Å². The fourth-order valence-electron chi connectivity index (χ4n) is 1.82. The van der Waals surface area contributed by atoms with Gasteiger partial charge in [-0.15, -0.1) is 0 Å². The minimum atomic E-state index is -3.08. The van der Waals surface area contributed by atoms with Crippen molar-refractivity contribution in [3.05, 3.63) is 53.9 Å². The Morgan fingerprint density at radius 2 is 1.80 bits per heavy atom. The minimum absolute atomic E-state index is 0.147. The molecule has 0 saturated carbocycles. The van der Waals surface area contributed by atoms with Crippen LogP contribution in [0.25, 0.3) is 0 Å². The summed E-state index contributed by atoms with van der Waals surface area (Å²) in [6.45, 7) is -3.56. The lowest BCUT2D eigenvalue weighted by Crippen LogP contribution is -2.46. The first kappa shape index (κ1) is 17.9. The number of halogens is 2. The van der Waals surface area contributed by atoms with Gasteiger partial charge in [-0.2, -0.15) is 8.78 Å². The number of nitrogens with one attached hydrogen (secondary N) is 4. The van der Waals surface area contributed by atoms with Gasteiger partial charge in [-0.05, 0) is 24.3 Å². The first-order valence-electron chi connectivity index (χ1n) is 7.02. The summed E-state index contributed by atoms with van der Waals surface area (Å²) in [7, 11) is 0. The lowest BCUT2D eigenvalue weighted by atomic mass is 10.2. The molecule has 0 aliphatic heterocycles. The molecule has 0 bridgehead atoms. The van der Waals surface area contributed by atoms with Gasteiger partial charge >= 0.3 is 6.61 Å². The summed E-state index contributed by atoms with van der Waals surface area (Å²) in [5.41, 5.74) is 4.33. The summed E-state index contributed by atoms with van der Waals surface area (Å²) >= 11 is 0. The van der Waals surface area contributed by atoms with Crippen molar-refractivity contribution in [2.75, 3.05) is 6.54 Å². The van der Waals surface area contributed by atoms with Crippen LogP contribution in [0.5, 0.6) is 5.75 Å². The molecule has 0 spiro atoms. The summed E-state index contributed by atoms with van der Waals surface area (Å²) in [4.78, 5) is 37.8. The van der Waals surface area contributed by atoms with Crippen LogP contribution in [-0.4, -0.2) is 35.9 Å². The number of aromatic nitrogens is 1. The van der Waals surface area contributed by atoms with Crippen LogP contribution in [0.1, 0.15) is 20.8 Å². The van der Waals surface area contributed by atoms with Crippen molar-refractivity contribution >= 4 is 17.7 Å². The van der Waals surface area contributed by atoms with E-state index in [-0.39, 0.29) is 17.0 Å². The molecule has 0 aliphatic rings. The third-order valence-corrected chi connectivity index (χ3v) is 2.92. The Morgan fingerprint density at radius 1 is 1.04 bits per heavy atom. The zero-order valence-corrected chi connectivity index (χ0v) is 12.7. The number of amides is 3. The molecule has 10 heteroatoms. The highest BCUT2D eigenvalue weighted by atomic mass is 19.3. The number of hydrogen-bond donors (Lipinski definition) is 4. The van der Waals surface area contributed by atoms with Crippen LogP contribution < -0.4 is 20.9 Å². The van der Waals surface area contributed by atoms with Gasteiger partial charge in [-0.3, -0.25) is 25.2 Å². The maximum absolute atomic E-state index is 12.3. The number of carbonyl (C=O) groups is 3. The van der Waals surface area contributed by atoms with Gasteiger partial charge in [0.2, 0.25) is 0 Å². The SMILES string of the molecule is O=C(CNC(=O)c1ccccc1OC(F)F)NNC(=O)c1ccc[nH]1. The third-order valence-electron chi connectivity index (χ3n) is 2.92. The molecule has 132 valence electrons. The fraction of sp³-hybridized carbons (Fsp3) is 0.133. The van der Waals surface area contributed by atoms with E-state index in [0.717, 1.165) is 0 Å². The molecular formula is C15H14F2N4O4. The van der Waals surface area contributed by atoms with Crippen LogP contribution in [0, 0.1) is 0 Å². The number of para-hydroxylation sites is 1. The molecule has 1 aromatic heterocycles. The van der Waals surface area contributed by atoms with Gasteiger partial charge in [0.05, 0.1) is 12.1 Å². The number of carbonyl (C=O) groups excluding carboxylic acids is 3. The molecule has 4 N–H and O–H groups in total. The standard InChI is InChI=1S/C15H14F2N4O4/c16-15(17)25-11-6-2-1-4-9(11)13(23)19-8-12(22)20-21-14(24)10-5-3-7-18-10/h1-7,15,18H,8H2,(H,19,23)(H,20,22)(H,21,24). The summed E-state index contributed by atoms with van der Waals surface area (Å²) in [5.74, 6) is -2.36. The summed E-state index contributed by atoms with van der Waals surface area (Å²) in [6, 6.07) is 8.48. The second kappa shape index (κ2) is 8.43. The number of benzene rings is 1. The van der Waals surface area contributed by atoms with E-state index >= 15 is 0 Å². The van der Waals surface area contributed by atoms with Crippen molar-refractivity contribution in [3.8, 4) is 5.75 Å². The number of hydrazine groups is 1. The van der Waals surface area contributed by atoms with Gasteiger partial charge < -0.3 is 15.0 Å². The van der Waals surface area contributed by atoms with Crippen LogP contribution in [0.2, 0.25) is 0 Å². The maximum atomic E-state index is 12.3. The Hall–Kier alpha value is -3.43. The second-order valence-electron chi connectivity index (χ2n) is 4.64. The molecule has 1 heterocycles. The van der Waals surface area contributed by atoms with E-state index in [1.807, 2.05) is 0 Å². The lowest BCUT2D eigenvalue weighted by molar-refractivity contribution is -0.120. The van der Waals surface area contributed by atoms with Gasteiger partial charge in [0.1, 0.15) is 11.4 Å². The molecule has 0 atom stereocenters. The first-order valence-corrected chi connectivity index (χ1v) is 7.02. The Labute approximate surface area is 140 Å². The van der Waals surface area contributed by atoms with Crippen molar-refractivity contribution in [1.29, 1.82) is 0 Å². The topological polar surface area (TPSA) is 112 Å². The van der Waals surface area contributed by atoms with Gasteiger partial charge in [0, 0.05) is 6.20 Å². The number of ether oxygens (including phenoxy) is 1. The molecule has 8 nitrogen and oxygen atoms in total. The normalized spacial score (nSPS) is 10.2. The van der Waals surface area contributed by atoms with Crippen LogP contribution in [-0.2, 0) is 4.79 Å². The molecule has 25 heavy (non-hydrogen) atoms. The molecule has 0 unspecified atom stereocenters. The highest BCUT2D eigenvalue weighted by molar-refractivity contribution is 5.99. The zero-order valence-electron chi connectivity index (χ0n) is 12.7. The quantitative estimate of drug-likeness (QED) is 0.576. The number of H-pyrrole nitrogens is 1. The van der Waals surface area contributed by atoms with Crippen molar-refractivity contribution in [2.45, 2.75) is 6.61 Å². The summed E-state index contributed by atoms with van der Waals surface area (Å²) < 4.78 is 28.9. The predicted octanol–water partition coefficient (Wildman–Crippen LogP) is 0.807. The highest BCUT2D eigenvalue weighted by Crippen LogP contribution is 2.19. The third kappa shape index (κ3) is 5.30. The largest absolute Gasteiger partial charge is 0.434 e. The first-order chi connectivity index (χ1) is 12.0.